The number of hydrogen-bond donors (Lipinski definition) is 2. The quantitative estimate of drug-likeness (QED) is 0.614. The maximum atomic E-state index is 10.9. The molecule has 1 atom stereocenters. The molecule has 1 saturated carbocycles. The molecule has 3 heteroatoms. The molecule has 0 radical (unpaired) electrons. The molecule has 1 rings (SSSR count). The van der Waals surface area contributed by atoms with Crippen molar-refractivity contribution < 1.29 is 4.79 Å². The van der Waals surface area contributed by atoms with Crippen LogP contribution in [-0.2, 0) is 4.79 Å². The predicted octanol–water partition coefficient (Wildman–Crippen LogP) is 0.235. The highest BCUT2D eigenvalue weighted by molar-refractivity contribution is 5.80. The zero-order valence-electron chi connectivity index (χ0n) is 7.13. The van der Waals surface area contributed by atoms with Gasteiger partial charge in [0.1, 0.15) is 0 Å². The molecule has 0 aliphatic heterocycles. The lowest BCUT2D eigenvalue weighted by atomic mass is 9.81. The van der Waals surface area contributed by atoms with Crippen LogP contribution in [0.2, 0.25) is 0 Å². The van der Waals surface area contributed by atoms with E-state index >= 15 is 0 Å². The van der Waals surface area contributed by atoms with Crippen molar-refractivity contribution in [2.24, 2.45) is 22.8 Å². The van der Waals surface area contributed by atoms with Gasteiger partial charge in [-0.15, -0.1) is 0 Å². The van der Waals surface area contributed by atoms with Crippen LogP contribution in [0.25, 0.3) is 0 Å². The summed E-state index contributed by atoms with van der Waals surface area (Å²) < 4.78 is 0. The molecule has 1 unspecified atom stereocenters. The van der Waals surface area contributed by atoms with Crippen LogP contribution >= 0.6 is 0 Å². The van der Waals surface area contributed by atoms with Gasteiger partial charge < -0.3 is 11.5 Å². The second-order valence-corrected chi connectivity index (χ2v) is 3.95. The summed E-state index contributed by atoms with van der Waals surface area (Å²) in [4.78, 5) is 10.9. The number of nitrogens with two attached hydrogens (primary N) is 2. The summed E-state index contributed by atoms with van der Waals surface area (Å²) in [6, 6.07) is -0.0556. The van der Waals surface area contributed by atoms with E-state index in [4.69, 9.17) is 11.5 Å². The van der Waals surface area contributed by atoms with Crippen LogP contribution in [0.3, 0.4) is 0 Å². The lowest BCUT2D eigenvalue weighted by molar-refractivity contribution is -0.127. The van der Waals surface area contributed by atoms with Crippen molar-refractivity contribution in [3.8, 4) is 0 Å². The molecule has 64 valence electrons. The van der Waals surface area contributed by atoms with Crippen molar-refractivity contribution in [3.63, 3.8) is 0 Å². The largest absolute Gasteiger partial charge is 0.369 e. The fourth-order valence-corrected chi connectivity index (χ4v) is 1.21. The molecule has 1 amide bonds. The van der Waals surface area contributed by atoms with Crippen LogP contribution in [0.1, 0.15) is 26.7 Å². The van der Waals surface area contributed by atoms with E-state index in [2.05, 4.69) is 0 Å². The first-order chi connectivity index (χ1) is 4.96. The van der Waals surface area contributed by atoms with Gasteiger partial charge in [0.2, 0.25) is 5.91 Å². The van der Waals surface area contributed by atoms with Crippen LogP contribution < -0.4 is 11.5 Å². The monoisotopic (exact) mass is 156 g/mol. The fraction of sp³-hybridized carbons (Fsp3) is 0.875. The van der Waals surface area contributed by atoms with Crippen molar-refractivity contribution in [2.45, 2.75) is 32.7 Å². The SMILES string of the molecule is CC(C)(C(N)=O)C(N)C1CC1. The first-order valence-corrected chi connectivity index (χ1v) is 4.01. The zero-order chi connectivity index (χ0) is 8.65. The Balaban J connectivity index is 2.61. The van der Waals surface area contributed by atoms with Crippen LogP contribution in [-0.4, -0.2) is 11.9 Å². The minimum atomic E-state index is -0.541. The topological polar surface area (TPSA) is 69.1 Å². The maximum Gasteiger partial charge on any atom is 0.224 e. The summed E-state index contributed by atoms with van der Waals surface area (Å²) in [7, 11) is 0. The first kappa shape index (κ1) is 8.53. The molecule has 0 heterocycles. The van der Waals surface area contributed by atoms with Gasteiger partial charge in [0, 0.05) is 6.04 Å². The Kier molecular flexibility index (Phi) is 1.92. The van der Waals surface area contributed by atoms with Crippen LogP contribution in [0, 0.1) is 11.3 Å². The highest BCUT2D eigenvalue weighted by Gasteiger charge is 2.41. The molecular formula is C8H16N2O. The molecule has 0 aromatic rings. The van der Waals surface area contributed by atoms with Gasteiger partial charge in [0.05, 0.1) is 5.41 Å². The molecule has 0 saturated heterocycles. The van der Waals surface area contributed by atoms with Crippen LogP contribution in [0.5, 0.6) is 0 Å². The Morgan fingerprint density at radius 1 is 1.55 bits per heavy atom. The smallest absolute Gasteiger partial charge is 0.224 e. The zero-order valence-corrected chi connectivity index (χ0v) is 7.13. The van der Waals surface area contributed by atoms with Gasteiger partial charge >= 0.3 is 0 Å². The average molecular weight is 156 g/mol. The predicted molar refractivity (Wildman–Crippen MR) is 43.7 cm³/mol. The molecular weight excluding hydrogens is 140 g/mol. The van der Waals surface area contributed by atoms with E-state index in [1.165, 1.54) is 0 Å². The molecule has 4 N–H and O–H groups in total. The highest BCUT2D eigenvalue weighted by atomic mass is 16.1. The van der Waals surface area contributed by atoms with E-state index in [0.29, 0.717) is 5.92 Å². The first-order valence-electron chi connectivity index (χ1n) is 4.01. The van der Waals surface area contributed by atoms with E-state index in [1.807, 2.05) is 13.8 Å². The van der Waals surface area contributed by atoms with E-state index in [1.54, 1.807) is 0 Å². The Morgan fingerprint density at radius 2 is 2.00 bits per heavy atom. The minimum Gasteiger partial charge on any atom is -0.369 e. The van der Waals surface area contributed by atoms with Crippen molar-refractivity contribution in [3.05, 3.63) is 0 Å². The molecule has 3 nitrogen and oxygen atoms in total. The van der Waals surface area contributed by atoms with Crippen molar-refractivity contribution in [1.29, 1.82) is 0 Å². The van der Waals surface area contributed by atoms with E-state index in [9.17, 15) is 4.79 Å². The van der Waals surface area contributed by atoms with E-state index < -0.39 is 5.41 Å². The van der Waals surface area contributed by atoms with E-state index in [0.717, 1.165) is 12.8 Å². The van der Waals surface area contributed by atoms with Gasteiger partial charge in [0.25, 0.3) is 0 Å². The molecule has 0 spiro atoms. The Morgan fingerprint density at radius 3 is 2.27 bits per heavy atom. The van der Waals surface area contributed by atoms with Crippen molar-refractivity contribution >= 4 is 5.91 Å². The molecule has 1 aliphatic rings. The molecule has 0 aromatic heterocycles. The van der Waals surface area contributed by atoms with E-state index in [-0.39, 0.29) is 11.9 Å². The lowest BCUT2D eigenvalue weighted by Crippen LogP contribution is -2.47. The Hall–Kier alpha value is -0.570. The summed E-state index contributed by atoms with van der Waals surface area (Å²) in [5.41, 5.74) is 10.5. The third kappa shape index (κ3) is 1.53. The number of rotatable bonds is 3. The van der Waals surface area contributed by atoms with Crippen molar-refractivity contribution in [2.75, 3.05) is 0 Å². The number of carbonyl (C=O) groups is 1. The number of carbonyl (C=O) groups excluding carboxylic acids is 1. The minimum absolute atomic E-state index is 0.0556. The number of amides is 1. The summed E-state index contributed by atoms with van der Waals surface area (Å²) in [5.74, 6) is 0.231. The van der Waals surface area contributed by atoms with Gasteiger partial charge in [-0.1, -0.05) is 0 Å². The van der Waals surface area contributed by atoms with Crippen LogP contribution in [0.15, 0.2) is 0 Å². The summed E-state index contributed by atoms with van der Waals surface area (Å²) in [6.07, 6.45) is 2.30. The highest BCUT2D eigenvalue weighted by Crippen LogP contribution is 2.38. The third-order valence-electron chi connectivity index (χ3n) is 2.60. The van der Waals surface area contributed by atoms with Gasteiger partial charge in [0.15, 0.2) is 0 Å². The van der Waals surface area contributed by atoms with Gasteiger partial charge in [-0.25, -0.2) is 0 Å². The second kappa shape index (κ2) is 2.48. The lowest BCUT2D eigenvalue weighted by Gasteiger charge is -2.27. The maximum absolute atomic E-state index is 10.9. The van der Waals surface area contributed by atoms with Gasteiger partial charge in [-0.05, 0) is 32.6 Å². The fourth-order valence-electron chi connectivity index (χ4n) is 1.21. The molecule has 1 aliphatic carbocycles. The summed E-state index contributed by atoms with van der Waals surface area (Å²) in [6.45, 7) is 3.64. The second-order valence-electron chi connectivity index (χ2n) is 3.95. The number of hydrogen-bond acceptors (Lipinski definition) is 2. The van der Waals surface area contributed by atoms with Gasteiger partial charge in [-0.2, -0.15) is 0 Å². The molecule has 11 heavy (non-hydrogen) atoms. The Bertz CT molecular complexity index is 173. The molecule has 0 aromatic carbocycles. The van der Waals surface area contributed by atoms with Crippen LogP contribution in [0.4, 0.5) is 0 Å². The standard InChI is InChI=1S/C8H16N2O/c1-8(2,7(10)11)6(9)5-3-4-5/h5-6H,3-4,9H2,1-2H3,(H2,10,11). The summed E-state index contributed by atoms with van der Waals surface area (Å²) in [5, 5.41) is 0. The number of primary amides is 1. The Labute approximate surface area is 67.1 Å². The third-order valence-corrected chi connectivity index (χ3v) is 2.60. The normalized spacial score (nSPS) is 21.4. The molecule has 0 bridgehead atoms. The van der Waals surface area contributed by atoms with Crippen molar-refractivity contribution in [1.82, 2.24) is 0 Å². The molecule has 1 fully saturated rings. The average Bonchev–Trinajstić information content (AvgIpc) is 2.66. The van der Waals surface area contributed by atoms with Gasteiger partial charge in [-0.3, -0.25) is 4.79 Å². The summed E-state index contributed by atoms with van der Waals surface area (Å²) >= 11 is 0.